The number of hydrogen-bond acceptors (Lipinski definition) is 4. The number of nitrogens with two attached hydrogens (primary N) is 1. The molecule has 0 aliphatic carbocycles. The van der Waals surface area contributed by atoms with Crippen molar-refractivity contribution in [3.05, 3.63) is 17.5 Å². The number of nitrogens with zero attached hydrogens (tertiary/aromatic N) is 2. The normalized spacial score (nSPS) is 15.1. The van der Waals surface area contributed by atoms with Crippen LogP contribution in [0.25, 0.3) is 0 Å². The van der Waals surface area contributed by atoms with Gasteiger partial charge in [0, 0.05) is 18.3 Å². The monoisotopic (exact) mass is 199 g/mol. The van der Waals surface area contributed by atoms with Crippen molar-refractivity contribution in [2.24, 2.45) is 12.8 Å². The predicted molar refractivity (Wildman–Crippen MR) is 48.1 cm³/mol. The summed E-state index contributed by atoms with van der Waals surface area (Å²) in [6.07, 6.45) is -1.52. The van der Waals surface area contributed by atoms with Gasteiger partial charge in [0.15, 0.2) is 6.10 Å². The van der Waals surface area contributed by atoms with E-state index < -0.39 is 18.1 Å². The number of carbonyl (C=O) groups is 1. The van der Waals surface area contributed by atoms with Crippen molar-refractivity contribution in [1.29, 1.82) is 0 Å². The first-order valence-corrected chi connectivity index (χ1v) is 4.09. The van der Waals surface area contributed by atoms with E-state index in [-0.39, 0.29) is 0 Å². The zero-order valence-electron chi connectivity index (χ0n) is 8.01. The van der Waals surface area contributed by atoms with Gasteiger partial charge in [0.2, 0.25) is 5.91 Å². The van der Waals surface area contributed by atoms with E-state index >= 15 is 0 Å². The molecule has 0 radical (unpaired) electrons. The van der Waals surface area contributed by atoms with Crippen molar-refractivity contribution in [1.82, 2.24) is 9.78 Å². The van der Waals surface area contributed by atoms with E-state index in [1.165, 1.54) is 10.9 Å². The molecule has 0 spiro atoms. The maximum Gasteiger partial charge on any atom is 0.249 e. The van der Waals surface area contributed by atoms with Crippen molar-refractivity contribution < 1.29 is 15.0 Å². The molecule has 1 rings (SSSR count). The fourth-order valence-corrected chi connectivity index (χ4v) is 1.13. The van der Waals surface area contributed by atoms with Gasteiger partial charge < -0.3 is 15.9 Å². The third-order valence-corrected chi connectivity index (χ3v) is 2.18. The molecule has 0 aromatic carbocycles. The largest absolute Gasteiger partial charge is 0.385 e. The Labute approximate surface area is 81.0 Å². The predicted octanol–water partition coefficient (Wildman–Crippen LogP) is -1.39. The smallest absolute Gasteiger partial charge is 0.249 e. The molecule has 0 bridgehead atoms. The van der Waals surface area contributed by atoms with E-state index in [0.717, 1.165) is 0 Å². The molecule has 78 valence electrons. The number of aromatic nitrogens is 2. The van der Waals surface area contributed by atoms with Crippen molar-refractivity contribution in [3.8, 4) is 0 Å². The van der Waals surface area contributed by atoms with Gasteiger partial charge in [-0.1, -0.05) is 0 Å². The van der Waals surface area contributed by atoms with Gasteiger partial charge in [0.1, 0.15) is 6.10 Å². The first kappa shape index (κ1) is 10.7. The summed E-state index contributed by atoms with van der Waals surface area (Å²) < 4.78 is 1.53. The molecule has 4 N–H and O–H groups in total. The standard InChI is InChI=1S/C8H13N3O3/c1-4-5(3-10-11(4)2)6(12)7(13)8(9)14/h3,6-7,12-13H,1-2H3,(H2,9,14). The van der Waals surface area contributed by atoms with E-state index in [9.17, 15) is 15.0 Å². The number of rotatable bonds is 3. The second kappa shape index (κ2) is 3.77. The number of primary amides is 1. The van der Waals surface area contributed by atoms with Crippen LogP contribution in [0, 0.1) is 6.92 Å². The van der Waals surface area contributed by atoms with Crippen LogP contribution in [0.4, 0.5) is 0 Å². The van der Waals surface area contributed by atoms with Gasteiger partial charge in [-0.3, -0.25) is 9.48 Å². The summed E-state index contributed by atoms with van der Waals surface area (Å²) in [6.45, 7) is 1.72. The number of aryl methyl sites for hydroxylation is 1. The molecule has 0 saturated heterocycles. The molecule has 1 aromatic heterocycles. The third kappa shape index (κ3) is 1.75. The van der Waals surface area contributed by atoms with Crippen LogP contribution in [0.3, 0.4) is 0 Å². The molecule has 1 heterocycles. The highest BCUT2D eigenvalue weighted by molar-refractivity contribution is 5.79. The second-order valence-corrected chi connectivity index (χ2v) is 3.10. The van der Waals surface area contributed by atoms with E-state index in [0.29, 0.717) is 11.3 Å². The van der Waals surface area contributed by atoms with Crippen LogP contribution >= 0.6 is 0 Å². The van der Waals surface area contributed by atoms with Crippen molar-refractivity contribution in [2.45, 2.75) is 19.1 Å². The van der Waals surface area contributed by atoms with E-state index in [1.807, 2.05) is 0 Å². The Bertz CT molecular complexity index is 348. The number of carbonyl (C=O) groups excluding carboxylic acids is 1. The quantitative estimate of drug-likeness (QED) is 0.557. The molecule has 2 atom stereocenters. The van der Waals surface area contributed by atoms with E-state index in [1.54, 1.807) is 14.0 Å². The zero-order valence-corrected chi connectivity index (χ0v) is 8.01. The number of aliphatic hydroxyl groups is 2. The summed E-state index contributed by atoms with van der Waals surface area (Å²) in [5.41, 5.74) is 5.94. The van der Waals surface area contributed by atoms with Gasteiger partial charge in [0.05, 0.1) is 6.20 Å². The lowest BCUT2D eigenvalue weighted by molar-refractivity contribution is -0.132. The summed E-state index contributed by atoms with van der Waals surface area (Å²) >= 11 is 0. The first-order valence-electron chi connectivity index (χ1n) is 4.09. The van der Waals surface area contributed by atoms with Crippen LogP contribution in [0.1, 0.15) is 17.4 Å². The second-order valence-electron chi connectivity index (χ2n) is 3.10. The van der Waals surface area contributed by atoms with E-state index in [4.69, 9.17) is 5.73 Å². The summed E-state index contributed by atoms with van der Waals surface area (Å²) in [7, 11) is 1.70. The molecule has 1 amide bonds. The fourth-order valence-electron chi connectivity index (χ4n) is 1.13. The van der Waals surface area contributed by atoms with E-state index in [2.05, 4.69) is 5.10 Å². The van der Waals surface area contributed by atoms with Gasteiger partial charge in [0.25, 0.3) is 0 Å². The zero-order chi connectivity index (χ0) is 10.9. The highest BCUT2D eigenvalue weighted by Gasteiger charge is 2.26. The molecular formula is C8H13N3O3. The Morgan fingerprint density at radius 3 is 2.57 bits per heavy atom. The summed E-state index contributed by atoms with van der Waals surface area (Å²) in [4.78, 5) is 10.6. The molecule has 2 unspecified atom stereocenters. The number of aliphatic hydroxyl groups excluding tert-OH is 2. The van der Waals surface area contributed by atoms with Crippen LogP contribution in [0.15, 0.2) is 6.20 Å². The van der Waals surface area contributed by atoms with Crippen molar-refractivity contribution in [2.75, 3.05) is 0 Å². The Kier molecular flexibility index (Phi) is 2.87. The topological polar surface area (TPSA) is 101 Å². The highest BCUT2D eigenvalue weighted by Crippen LogP contribution is 2.19. The van der Waals surface area contributed by atoms with Gasteiger partial charge in [-0.25, -0.2) is 0 Å². The number of hydrogen-bond donors (Lipinski definition) is 3. The highest BCUT2D eigenvalue weighted by atomic mass is 16.3. The van der Waals surface area contributed by atoms with Gasteiger partial charge in [-0.2, -0.15) is 5.10 Å². The van der Waals surface area contributed by atoms with Gasteiger partial charge in [-0.05, 0) is 6.92 Å². The molecule has 0 fully saturated rings. The Morgan fingerprint density at radius 2 is 2.21 bits per heavy atom. The Morgan fingerprint density at radius 1 is 1.64 bits per heavy atom. The van der Waals surface area contributed by atoms with Crippen molar-refractivity contribution >= 4 is 5.91 Å². The summed E-state index contributed by atoms with van der Waals surface area (Å²) in [5.74, 6) is -0.958. The maximum absolute atomic E-state index is 10.6. The SMILES string of the molecule is Cc1c(C(O)C(O)C(N)=O)cnn1C. The lowest BCUT2D eigenvalue weighted by Gasteiger charge is -2.14. The average molecular weight is 199 g/mol. The summed E-state index contributed by atoms with van der Waals surface area (Å²) in [6, 6.07) is 0. The van der Waals surface area contributed by atoms with Gasteiger partial charge in [-0.15, -0.1) is 0 Å². The van der Waals surface area contributed by atoms with Crippen LogP contribution in [0.5, 0.6) is 0 Å². The molecule has 6 nitrogen and oxygen atoms in total. The Hall–Kier alpha value is -1.40. The van der Waals surface area contributed by atoms with Crippen LogP contribution in [-0.2, 0) is 11.8 Å². The van der Waals surface area contributed by atoms with Crippen LogP contribution < -0.4 is 5.73 Å². The lowest BCUT2D eigenvalue weighted by Crippen LogP contribution is -2.34. The van der Waals surface area contributed by atoms with Crippen LogP contribution in [-0.4, -0.2) is 32.0 Å². The minimum atomic E-state index is -1.60. The molecule has 0 aliphatic rings. The molecule has 6 heteroatoms. The molecule has 0 saturated carbocycles. The number of amides is 1. The Balaban J connectivity index is 2.94. The minimum Gasteiger partial charge on any atom is -0.385 e. The first-order chi connectivity index (χ1) is 6.45. The van der Waals surface area contributed by atoms with Crippen LogP contribution in [0.2, 0.25) is 0 Å². The minimum absolute atomic E-state index is 0.402. The molecule has 0 aliphatic heterocycles. The fraction of sp³-hybridized carbons (Fsp3) is 0.500. The average Bonchev–Trinajstić information content (AvgIpc) is 2.45. The summed E-state index contributed by atoms with van der Waals surface area (Å²) in [5, 5.41) is 22.6. The molecule has 14 heavy (non-hydrogen) atoms. The molecular weight excluding hydrogens is 186 g/mol. The molecule has 1 aromatic rings. The van der Waals surface area contributed by atoms with Crippen molar-refractivity contribution in [3.63, 3.8) is 0 Å². The maximum atomic E-state index is 10.6. The third-order valence-electron chi connectivity index (χ3n) is 2.18. The van der Waals surface area contributed by atoms with Gasteiger partial charge >= 0.3 is 0 Å². The lowest BCUT2D eigenvalue weighted by atomic mass is 10.1.